The molecule has 0 amide bonds. The Morgan fingerprint density at radius 1 is 1.55 bits per heavy atom. The van der Waals surface area contributed by atoms with Crippen LogP contribution >= 0.6 is 61.1 Å². The van der Waals surface area contributed by atoms with Crippen molar-refractivity contribution in [3.63, 3.8) is 0 Å². The molecular weight excluding hydrogens is 442 g/mol. The molecule has 0 unspecified atom stereocenters. The first-order chi connectivity index (χ1) is 5.07. The molecule has 0 aliphatic carbocycles. The molecule has 0 saturated carbocycles. The summed E-state index contributed by atoms with van der Waals surface area (Å²) in [5.41, 5.74) is 0. The maximum Gasteiger partial charge on any atom is 0.508 e. The first-order valence-electron chi connectivity index (χ1n) is 2.48. The number of carbonyl (C=O) groups is 1. The smallest absolute Gasteiger partial charge is 0.438 e. The minimum absolute atomic E-state index is 0.247. The van der Waals surface area contributed by atoms with Gasteiger partial charge < -0.3 is 9.47 Å². The van der Waals surface area contributed by atoms with Crippen molar-refractivity contribution < 1.29 is 14.3 Å². The number of carbonyl (C=O) groups excluding carboxylic acids is 1. The Morgan fingerprint density at radius 3 is 2.45 bits per heavy atom. The van der Waals surface area contributed by atoms with Crippen molar-refractivity contribution in [3.05, 3.63) is 6.07 Å². The summed E-state index contributed by atoms with van der Waals surface area (Å²) < 4.78 is 10.8. The molecule has 3 nitrogen and oxygen atoms in total. The molecule has 0 radical (unpaired) electrons. The third kappa shape index (κ3) is 6.14. The van der Waals surface area contributed by atoms with Gasteiger partial charge in [-0.25, -0.2) is 4.79 Å². The average molecular weight is 447 g/mol. The molecule has 0 aromatic heterocycles. The standard InChI is InChI=1S/C5H5BrI2O3/c1-10-5(9)11-2-3(7)4(6)8/h2H2,1H3. The number of hydrogen-bond acceptors (Lipinski definition) is 3. The number of ether oxygens (including phenoxy) is 2. The zero-order valence-electron chi connectivity index (χ0n) is 5.57. The molecule has 0 aromatic rings. The molecule has 0 saturated heterocycles. The molecule has 0 atom stereocenters. The highest BCUT2D eigenvalue weighted by molar-refractivity contribution is 14.1. The molecule has 64 valence electrons. The van der Waals surface area contributed by atoms with E-state index < -0.39 is 6.16 Å². The third-order valence-electron chi connectivity index (χ3n) is 0.688. The fourth-order valence-corrected chi connectivity index (χ4v) is 0.662. The van der Waals surface area contributed by atoms with Gasteiger partial charge in [0.05, 0.1) is 9.60 Å². The first kappa shape index (κ1) is 11.9. The van der Waals surface area contributed by atoms with Crippen molar-refractivity contribution in [2.45, 2.75) is 0 Å². The van der Waals surface area contributed by atoms with Crippen LogP contribution in [0.1, 0.15) is 0 Å². The van der Waals surface area contributed by atoms with Crippen LogP contribution < -0.4 is 0 Å². The van der Waals surface area contributed by atoms with E-state index in [1.807, 2.05) is 0 Å². The van der Waals surface area contributed by atoms with Crippen molar-refractivity contribution in [1.29, 1.82) is 0 Å². The van der Waals surface area contributed by atoms with Crippen molar-refractivity contribution >= 4 is 67.3 Å². The second kappa shape index (κ2) is 6.46. The van der Waals surface area contributed by atoms with Crippen molar-refractivity contribution in [1.82, 2.24) is 0 Å². The van der Waals surface area contributed by atoms with Crippen LogP contribution in [0.3, 0.4) is 0 Å². The van der Waals surface area contributed by atoms with Gasteiger partial charge in [0, 0.05) is 3.58 Å². The maximum atomic E-state index is 10.5. The van der Waals surface area contributed by atoms with Crippen LogP contribution in [0.25, 0.3) is 0 Å². The summed E-state index contributed by atoms with van der Waals surface area (Å²) >= 11 is 7.40. The summed E-state index contributed by atoms with van der Waals surface area (Å²) in [6.07, 6.45) is -0.663. The highest BCUT2D eigenvalue weighted by atomic mass is 127. The Morgan fingerprint density at radius 2 is 2.09 bits per heavy atom. The topological polar surface area (TPSA) is 35.5 Å². The van der Waals surface area contributed by atoms with Crippen LogP contribution in [0.5, 0.6) is 0 Å². The Bertz CT molecular complexity index is 177. The van der Waals surface area contributed by atoms with Gasteiger partial charge in [-0.15, -0.1) is 0 Å². The van der Waals surface area contributed by atoms with Gasteiger partial charge in [0.1, 0.15) is 6.61 Å². The van der Waals surface area contributed by atoms with Crippen LogP contribution in [0.4, 0.5) is 4.79 Å². The van der Waals surface area contributed by atoms with E-state index in [0.29, 0.717) is 0 Å². The second-order valence-electron chi connectivity index (χ2n) is 1.41. The molecule has 0 bridgehead atoms. The van der Waals surface area contributed by atoms with E-state index in [2.05, 4.69) is 70.6 Å². The quantitative estimate of drug-likeness (QED) is 0.483. The molecular formula is C5H5BrI2O3. The number of hydrogen-bond donors (Lipinski definition) is 0. The Hall–Kier alpha value is 0.950. The van der Waals surface area contributed by atoms with Gasteiger partial charge in [0.15, 0.2) is 0 Å². The highest BCUT2D eigenvalue weighted by Gasteiger charge is 2.03. The van der Waals surface area contributed by atoms with Crippen molar-refractivity contribution in [2.24, 2.45) is 0 Å². The van der Waals surface area contributed by atoms with Gasteiger partial charge in [0.25, 0.3) is 0 Å². The fraction of sp³-hybridized carbons (Fsp3) is 0.400. The lowest BCUT2D eigenvalue weighted by Gasteiger charge is -2.01. The molecule has 0 spiro atoms. The van der Waals surface area contributed by atoms with Gasteiger partial charge in [-0.05, 0) is 61.1 Å². The monoisotopic (exact) mass is 446 g/mol. The Kier molecular flexibility index (Phi) is 7.02. The predicted molar refractivity (Wildman–Crippen MR) is 62.4 cm³/mol. The Balaban J connectivity index is 3.72. The normalized spacial score (nSPS) is 12.0. The fourth-order valence-electron chi connectivity index (χ4n) is 0.236. The third-order valence-corrected chi connectivity index (χ3v) is 4.44. The zero-order chi connectivity index (χ0) is 8.85. The number of halogens is 3. The number of rotatable bonds is 2. The molecule has 0 N–H and O–H groups in total. The lowest BCUT2D eigenvalue weighted by molar-refractivity contribution is 0.0815. The van der Waals surface area contributed by atoms with Crippen molar-refractivity contribution in [3.8, 4) is 0 Å². The minimum Gasteiger partial charge on any atom is -0.438 e. The van der Waals surface area contributed by atoms with Gasteiger partial charge in [0.2, 0.25) is 0 Å². The van der Waals surface area contributed by atoms with Crippen LogP contribution in [-0.2, 0) is 9.47 Å². The molecule has 0 aliphatic heterocycles. The molecule has 0 fully saturated rings. The van der Waals surface area contributed by atoms with E-state index >= 15 is 0 Å². The summed E-state index contributed by atoms with van der Waals surface area (Å²) in [6.45, 7) is 0.247. The van der Waals surface area contributed by atoms with Gasteiger partial charge in [-0.2, -0.15) is 0 Å². The van der Waals surface area contributed by atoms with Crippen molar-refractivity contribution in [2.75, 3.05) is 13.7 Å². The lowest BCUT2D eigenvalue weighted by Crippen LogP contribution is -2.05. The molecule has 6 heteroatoms. The summed E-state index contributed by atoms with van der Waals surface area (Å²) in [7, 11) is 1.28. The second-order valence-corrected chi connectivity index (χ2v) is 6.06. The Labute approximate surface area is 100 Å². The van der Waals surface area contributed by atoms with E-state index in [-0.39, 0.29) is 6.61 Å². The summed E-state index contributed by atoms with van der Waals surface area (Å²) in [4.78, 5) is 10.5. The van der Waals surface area contributed by atoms with Crippen LogP contribution in [0.2, 0.25) is 0 Å². The lowest BCUT2D eigenvalue weighted by atomic mass is 10.7. The molecule has 0 aliphatic rings. The van der Waals surface area contributed by atoms with Crippen LogP contribution in [0.15, 0.2) is 6.07 Å². The van der Waals surface area contributed by atoms with E-state index in [1.165, 1.54) is 7.11 Å². The maximum absolute atomic E-state index is 10.5. The largest absolute Gasteiger partial charge is 0.508 e. The molecule has 0 heterocycles. The van der Waals surface area contributed by atoms with E-state index in [4.69, 9.17) is 0 Å². The van der Waals surface area contributed by atoms with E-state index in [0.717, 1.165) is 6.07 Å². The first-order valence-corrected chi connectivity index (χ1v) is 5.43. The highest BCUT2D eigenvalue weighted by Crippen LogP contribution is 2.24. The summed E-state index contributed by atoms with van der Waals surface area (Å²) in [5, 5.41) is 0. The SMILES string of the molecule is COC(=O)OCC(I)=C(Br)I. The van der Waals surface area contributed by atoms with Gasteiger partial charge in [-0.3, -0.25) is 0 Å². The summed E-state index contributed by atoms with van der Waals surface area (Å²) in [6, 6.07) is 0. The van der Waals surface area contributed by atoms with E-state index in [1.54, 1.807) is 0 Å². The molecule has 0 aromatic carbocycles. The average Bonchev–Trinajstić information content (AvgIpc) is 1.99. The number of methoxy groups -OCH3 is 1. The zero-order valence-corrected chi connectivity index (χ0v) is 11.5. The predicted octanol–water partition coefficient (Wildman–Crippen LogP) is 3.20. The van der Waals surface area contributed by atoms with Crippen LogP contribution in [-0.4, -0.2) is 19.9 Å². The minimum atomic E-state index is -0.663. The van der Waals surface area contributed by atoms with Gasteiger partial charge >= 0.3 is 6.16 Å². The van der Waals surface area contributed by atoms with E-state index in [9.17, 15) is 4.79 Å². The van der Waals surface area contributed by atoms with Gasteiger partial charge in [-0.1, -0.05) is 0 Å². The molecule has 0 rings (SSSR count). The molecule has 11 heavy (non-hydrogen) atoms. The summed E-state index contributed by atoms with van der Waals surface area (Å²) in [5.74, 6) is 0. The van der Waals surface area contributed by atoms with Crippen LogP contribution in [0, 0.1) is 0 Å².